The Morgan fingerprint density at radius 1 is 1.00 bits per heavy atom. The minimum absolute atomic E-state index is 0.198. The number of pyridine rings is 1. The molecule has 5 rings (SSSR count). The van der Waals surface area contributed by atoms with Crippen LogP contribution in [0, 0.1) is 0 Å². The van der Waals surface area contributed by atoms with Crippen molar-refractivity contribution < 1.29 is 9.53 Å². The lowest BCUT2D eigenvalue weighted by molar-refractivity contribution is -0.137. The molecule has 1 aromatic carbocycles. The van der Waals surface area contributed by atoms with Crippen LogP contribution in [0.1, 0.15) is 30.0 Å². The van der Waals surface area contributed by atoms with Crippen LogP contribution in [0.3, 0.4) is 0 Å². The van der Waals surface area contributed by atoms with Crippen LogP contribution in [0.4, 0.5) is 11.5 Å². The molecule has 3 aliphatic heterocycles. The van der Waals surface area contributed by atoms with Gasteiger partial charge in [-0.2, -0.15) is 0 Å². The van der Waals surface area contributed by atoms with Crippen molar-refractivity contribution in [3.05, 3.63) is 47.7 Å². The van der Waals surface area contributed by atoms with E-state index >= 15 is 0 Å². The molecule has 6 heteroatoms. The molecule has 2 fully saturated rings. The Balaban J connectivity index is 1.38. The first kappa shape index (κ1) is 17.5. The lowest BCUT2D eigenvalue weighted by Crippen LogP contribution is -2.43. The molecule has 1 N–H and O–H groups in total. The number of anilines is 2. The maximum Gasteiger partial charge on any atom is 0.320 e. The van der Waals surface area contributed by atoms with Crippen molar-refractivity contribution in [2.75, 3.05) is 49.1 Å². The summed E-state index contributed by atoms with van der Waals surface area (Å²) in [5.41, 5.74) is 3.02. The number of carbonyl (C=O) groups is 1. The number of ether oxygens (including phenoxy) is 1. The third-order valence-corrected chi connectivity index (χ3v) is 6.00. The van der Waals surface area contributed by atoms with Crippen LogP contribution < -0.4 is 19.9 Å². The maximum absolute atomic E-state index is 12.8. The van der Waals surface area contributed by atoms with E-state index in [1.54, 1.807) is 0 Å². The quantitative estimate of drug-likeness (QED) is 0.654. The van der Waals surface area contributed by atoms with E-state index in [1.807, 2.05) is 24.3 Å². The first-order valence-corrected chi connectivity index (χ1v) is 10.3. The molecule has 146 valence electrons. The first-order chi connectivity index (χ1) is 13.8. The molecule has 0 radical (unpaired) electrons. The van der Waals surface area contributed by atoms with Gasteiger partial charge in [0.2, 0.25) is 0 Å². The van der Waals surface area contributed by atoms with Crippen molar-refractivity contribution in [3.8, 4) is 5.75 Å². The van der Waals surface area contributed by atoms with Gasteiger partial charge in [0.05, 0.1) is 5.69 Å². The van der Waals surface area contributed by atoms with Gasteiger partial charge in [0.1, 0.15) is 17.5 Å². The van der Waals surface area contributed by atoms with E-state index in [2.05, 4.69) is 27.2 Å². The third-order valence-electron chi connectivity index (χ3n) is 6.00. The molecule has 1 aromatic heterocycles. The predicted octanol–water partition coefficient (Wildman–Crippen LogP) is 2.34. The Morgan fingerprint density at radius 3 is 2.64 bits per heavy atom. The molecular weight excluding hydrogens is 352 g/mol. The van der Waals surface area contributed by atoms with Crippen LogP contribution in [-0.4, -0.2) is 50.2 Å². The molecule has 0 amide bonds. The van der Waals surface area contributed by atoms with Crippen molar-refractivity contribution in [2.45, 2.75) is 25.2 Å². The zero-order valence-corrected chi connectivity index (χ0v) is 16.1. The molecule has 2 saturated heterocycles. The van der Waals surface area contributed by atoms with E-state index in [0.29, 0.717) is 12.2 Å². The highest BCUT2D eigenvalue weighted by Crippen LogP contribution is 2.36. The molecule has 0 bridgehead atoms. The van der Waals surface area contributed by atoms with Gasteiger partial charge in [-0.3, -0.25) is 4.79 Å². The summed E-state index contributed by atoms with van der Waals surface area (Å²) in [6.45, 7) is 6.01. The summed E-state index contributed by atoms with van der Waals surface area (Å²) in [6, 6.07) is 12.3. The Kier molecular flexibility index (Phi) is 4.64. The standard InChI is InChI=1S/C22H26N4O2/c27-22-18(19-4-3-5-21(24-19)26-10-1-2-11-26)14-16-6-7-17(15-20(16)28-22)25-12-8-23-9-13-25/h3-7,15,18,23H,1-2,8-14H2. The molecular formula is C22H26N4O2. The first-order valence-electron chi connectivity index (χ1n) is 10.3. The van der Waals surface area contributed by atoms with E-state index in [1.165, 1.54) is 12.8 Å². The van der Waals surface area contributed by atoms with Crippen molar-refractivity contribution in [3.63, 3.8) is 0 Å². The summed E-state index contributed by atoms with van der Waals surface area (Å²) >= 11 is 0. The van der Waals surface area contributed by atoms with Crippen molar-refractivity contribution in [2.24, 2.45) is 0 Å². The van der Waals surface area contributed by atoms with Crippen molar-refractivity contribution in [1.82, 2.24) is 10.3 Å². The van der Waals surface area contributed by atoms with Crippen LogP contribution in [0.2, 0.25) is 0 Å². The SMILES string of the molecule is O=C1Oc2cc(N3CCNCC3)ccc2CC1c1cccc(N2CCCC2)n1. The Bertz CT molecular complexity index is 873. The molecule has 6 nitrogen and oxygen atoms in total. The lowest BCUT2D eigenvalue weighted by Gasteiger charge is -2.31. The summed E-state index contributed by atoms with van der Waals surface area (Å²) in [7, 11) is 0. The highest BCUT2D eigenvalue weighted by Gasteiger charge is 2.32. The number of hydrogen-bond donors (Lipinski definition) is 1. The predicted molar refractivity (Wildman–Crippen MR) is 109 cm³/mol. The summed E-state index contributed by atoms with van der Waals surface area (Å²) < 4.78 is 5.76. The minimum Gasteiger partial charge on any atom is -0.426 e. The molecule has 4 heterocycles. The van der Waals surface area contributed by atoms with E-state index in [0.717, 1.165) is 62.0 Å². The van der Waals surface area contributed by atoms with Gasteiger partial charge >= 0.3 is 5.97 Å². The van der Waals surface area contributed by atoms with E-state index in [-0.39, 0.29) is 11.9 Å². The monoisotopic (exact) mass is 378 g/mol. The van der Waals surface area contributed by atoms with Crippen molar-refractivity contribution >= 4 is 17.5 Å². The van der Waals surface area contributed by atoms with Gasteiger partial charge in [-0.05, 0) is 43.0 Å². The van der Waals surface area contributed by atoms with Crippen LogP contribution in [-0.2, 0) is 11.2 Å². The van der Waals surface area contributed by atoms with Crippen LogP contribution in [0.25, 0.3) is 0 Å². The average Bonchev–Trinajstić information content (AvgIpc) is 3.29. The number of nitrogens with one attached hydrogen (secondary N) is 1. The fourth-order valence-electron chi connectivity index (χ4n) is 4.39. The van der Waals surface area contributed by atoms with Gasteiger partial charge in [0.15, 0.2) is 0 Å². The van der Waals surface area contributed by atoms with Crippen LogP contribution in [0.5, 0.6) is 5.75 Å². The Labute approximate surface area is 165 Å². The smallest absolute Gasteiger partial charge is 0.320 e. The van der Waals surface area contributed by atoms with Gasteiger partial charge < -0.3 is 19.9 Å². The number of hydrogen-bond acceptors (Lipinski definition) is 6. The fraction of sp³-hybridized carbons (Fsp3) is 0.455. The van der Waals surface area contributed by atoms with E-state index in [4.69, 9.17) is 9.72 Å². The topological polar surface area (TPSA) is 57.7 Å². The number of aromatic nitrogens is 1. The molecule has 3 aliphatic rings. The third kappa shape index (κ3) is 3.33. The second-order valence-electron chi connectivity index (χ2n) is 7.82. The number of benzene rings is 1. The molecule has 2 aromatic rings. The minimum atomic E-state index is -0.333. The molecule has 0 saturated carbocycles. The summed E-state index contributed by atoms with van der Waals surface area (Å²) in [5.74, 6) is 1.15. The Morgan fingerprint density at radius 2 is 1.82 bits per heavy atom. The zero-order chi connectivity index (χ0) is 18.9. The van der Waals surface area contributed by atoms with Gasteiger partial charge in [0, 0.05) is 51.0 Å². The molecule has 0 spiro atoms. The van der Waals surface area contributed by atoms with Gasteiger partial charge in [-0.15, -0.1) is 0 Å². The van der Waals surface area contributed by atoms with Crippen LogP contribution in [0.15, 0.2) is 36.4 Å². The summed E-state index contributed by atoms with van der Waals surface area (Å²) in [4.78, 5) is 22.2. The highest BCUT2D eigenvalue weighted by molar-refractivity contribution is 5.83. The second kappa shape index (κ2) is 7.43. The summed E-state index contributed by atoms with van der Waals surface area (Å²) in [6.07, 6.45) is 3.06. The molecule has 0 aliphatic carbocycles. The molecule has 1 atom stereocenters. The van der Waals surface area contributed by atoms with Gasteiger partial charge in [0.25, 0.3) is 0 Å². The fourth-order valence-corrected chi connectivity index (χ4v) is 4.39. The highest BCUT2D eigenvalue weighted by atomic mass is 16.5. The zero-order valence-electron chi connectivity index (χ0n) is 16.1. The number of piperazine rings is 1. The average molecular weight is 378 g/mol. The largest absolute Gasteiger partial charge is 0.426 e. The number of nitrogens with zero attached hydrogens (tertiary/aromatic N) is 3. The second-order valence-corrected chi connectivity index (χ2v) is 7.82. The number of carbonyl (C=O) groups excluding carboxylic acids is 1. The summed E-state index contributed by atoms with van der Waals surface area (Å²) in [5, 5.41) is 3.37. The van der Waals surface area contributed by atoms with E-state index < -0.39 is 0 Å². The Hall–Kier alpha value is -2.60. The molecule has 1 unspecified atom stereocenters. The van der Waals surface area contributed by atoms with E-state index in [9.17, 15) is 4.79 Å². The maximum atomic E-state index is 12.8. The lowest BCUT2D eigenvalue weighted by atomic mass is 9.92. The van der Waals surface area contributed by atoms with Crippen molar-refractivity contribution in [1.29, 1.82) is 0 Å². The van der Waals surface area contributed by atoms with Gasteiger partial charge in [-0.1, -0.05) is 12.1 Å². The van der Waals surface area contributed by atoms with Crippen LogP contribution >= 0.6 is 0 Å². The number of fused-ring (bicyclic) bond motifs is 1. The molecule has 28 heavy (non-hydrogen) atoms. The number of rotatable bonds is 3. The van der Waals surface area contributed by atoms with Gasteiger partial charge in [-0.25, -0.2) is 4.98 Å². The number of esters is 1. The normalized spacial score (nSPS) is 22.1.